The van der Waals surface area contributed by atoms with Crippen molar-refractivity contribution in [1.82, 2.24) is 4.90 Å². The lowest BCUT2D eigenvalue weighted by Gasteiger charge is -2.32. The molecule has 154 valence electrons. The van der Waals surface area contributed by atoms with Crippen LogP contribution in [0.4, 0.5) is 8.78 Å². The lowest BCUT2D eigenvalue weighted by atomic mass is 9.98. The third kappa shape index (κ3) is 4.67. The van der Waals surface area contributed by atoms with Gasteiger partial charge in [-0.2, -0.15) is 0 Å². The van der Waals surface area contributed by atoms with Gasteiger partial charge in [-0.3, -0.25) is 4.79 Å². The van der Waals surface area contributed by atoms with Gasteiger partial charge in [0.05, 0.1) is 0 Å². The highest BCUT2D eigenvalue weighted by atomic mass is 19.1. The monoisotopic (exact) mass is 407 g/mol. The summed E-state index contributed by atoms with van der Waals surface area (Å²) in [4.78, 5) is 15.0. The van der Waals surface area contributed by atoms with Gasteiger partial charge in [0.1, 0.15) is 11.9 Å². The molecule has 1 aliphatic rings. The maximum absolute atomic E-state index is 13.8. The van der Waals surface area contributed by atoms with Gasteiger partial charge in [0.2, 0.25) is 0 Å². The summed E-state index contributed by atoms with van der Waals surface area (Å²) in [5, 5.41) is 0. The number of rotatable bonds is 5. The van der Waals surface area contributed by atoms with Crippen LogP contribution in [0.3, 0.4) is 0 Å². The molecule has 5 heteroatoms. The molecule has 1 amide bonds. The van der Waals surface area contributed by atoms with E-state index in [1.807, 2.05) is 47.4 Å². The minimum absolute atomic E-state index is 0.00736. The lowest BCUT2D eigenvalue weighted by Crippen LogP contribution is -2.42. The number of carbonyl (C=O) groups is 1. The molecule has 0 atom stereocenters. The quantitative estimate of drug-likeness (QED) is 0.579. The van der Waals surface area contributed by atoms with Crippen LogP contribution in [-0.2, 0) is 6.42 Å². The second-order valence-electron chi connectivity index (χ2n) is 7.50. The number of hydrogen-bond acceptors (Lipinski definition) is 2. The largest absolute Gasteiger partial charge is 0.487 e. The Hall–Kier alpha value is -3.21. The topological polar surface area (TPSA) is 29.5 Å². The SMILES string of the molecule is O=C(c1ccccc1Cc1ccccc1)N1CCC(Oc2ccc(F)cc2F)CC1. The summed E-state index contributed by atoms with van der Waals surface area (Å²) in [6.07, 6.45) is 1.70. The van der Waals surface area contributed by atoms with Crippen LogP contribution in [-0.4, -0.2) is 30.0 Å². The molecule has 0 bridgehead atoms. The third-order valence-electron chi connectivity index (χ3n) is 5.40. The van der Waals surface area contributed by atoms with Gasteiger partial charge in [-0.05, 0) is 35.7 Å². The molecule has 0 aromatic heterocycles. The fraction of sp³-hybridized carbons (Fsp3) is 0.240. The molecule has 1 saturated heterocycles. The molecule has 1 heterocycles. The Labute approximate surface area is 174 Å². The molecule has 3 aromatic rings. The first-order chi connectivity index (χ1) is 14.6. The molecule has 4 rings (SSSR count). The Morgan fingerprint density at radius 3 is 2.37 bits per heavy atom. The second kappa shape index (κ2) is 9.08. The summed E-state index contributed by atoms with van der Waals surface area (Å²) >= 11 is 0. The Morgan fingerprint density at radius 1 is 0.933 bits per heavy atom. The number of piperidine rings is 1. The normalized spacial score (nSPS) is 14.5. The zero-order valence-electron chi connectivity index (χ0n) is 16.6. The Morgan fingerprint density at radius 2 is 1.63 bits per heavy atom. The Bertz CT molecular complexity index is 1010. The van der Waals surface area contributed by atoms with E-state index in [2.05, 4.69) is 12.1 Å². The number of nitrogens with zero attached hydrogens (tertiary/aromatic N) is 1. The summed E-state index contributed by atoms with van der Waals surface area (Å²) in [7, 11) is 0. The van der Waals surface area contributed by atoms with Crippen molar-refractivity contribution in [2.45, 2.75) is 25.4 Å². The van der Waals surface area contributed by atoms with Gasteiger partial charge >= 0.3 is 0 Å². The van der Waals surface area contributed by atoms with Gasteiger partial charge in [0.15, 0.2) is 11.6 Å². The molecule has 1 fully saturated rings. The first-order valence-electron chi connectivity index (χ1n) is 10.1. The highest BCUT2D eigenvalue weighted by molar-refractivity contribution is 5.95. The van der Waals surface area contributed by atoms with E-state index >= 15 is 0 Å². The zero-order valence-corrected chi connectivity index (χ0v) is 16.6. The van der Waals surface area contributed by atoms with Gasteiger partial charge in [-0.1, -0.05) is 48.5 Å². The highest BCUT2D eigenvalue weighted by Crippen LogP contribution is 2.24. The number of benzene rings is 3. The van der Waals surface area contributed by atoms with Crippen LogP contribution in [0, 0.1) is 11.6 Å². The van der Waals surface area contributed by atoms with E-state index in [4.69, 9.17) is 4.74 Å². The van der Waals surface area contributed by atoms with Crippen molar-refractivity contribution < 1.29 is 18.3 Å². The van der Waals surface area contributed by atoms with Crippen molar-refractivity contribution in [3.05, 3.63) is 101 Å². The summed E-state index contributed by atoms with van der Waals surface area (Å²) in [5.41, 5.74) is 2.87. The van der Waals surface area contributed by atoms with Crippen LogP contribution in [0.15, 0.2) is 72.8 Å². The number of amides is 1. The lowest BCUT2D eigenvalue weighted by molar-refractivity contribution is 0.0587. The van der Waals surface area contributed by atoms with E-state index in [0.29, 0.717) is 37.9 Å². The van der Waals surface area contributed by atoms with Crippen molar-refractivity contribution >= 4 is 5.91 Å². The maximum atomic E-state index is 13.8. The molecule has 3 nitrogen and oxygen atoms in total. The van der Waals surface area contributed by atoms with Crippen LogP contribution < -0.4 is 4.74 Å². The number of hydrogen-bond donors (Lipinski definition) is 0. The Kier molecular flexibility index (Phi) is 6.07. The molecule has 3 aromatic carbocycles. The minimum Gasteiger partial charge on any atom is -0.487 e. The fourth-order valence-corrected chi connectivity index (χ4v) is 3.80. The highest BCUT2D eigenvalue weighted by Gasteiger charge is 2.26. The molecular formula is C25H23F2NO2. The van der Waals surface area contributed by atoms with Crippen molar-refractivity contribution in [1.29, 1.82) is 0 Å². The van der Waals surface area contributed by atoms with E-state index in [1.54, 1.807) is 0 Å². The molecule has 0 N–H and O–H groups in total. The molecular weight excluding hydrogens is 384 g/mol. The van der Waals surface area contributed by atoms with Gasteiger partial charge in [-0.15, -0.1) is 0 Å². The predicted molar refractivity (Wildman–Crippen MR) is 112 cm³/mol. The summed E-state index contributed by atoms with van der Waals surface area (Å²) in [6, 6.07) is 21.1. The number of carbonyl (C=O) groups excluding carboxylic acids is 1. The van der Waals surface area contributed by atoms with Gasteiger partial charge < -0.3 is 9.64 Å². The van der Waals surface area contributed by atoms with Crippen molar-refractivity contribution in [3.63, 3.8) is 0 Å². The van der Waals surface area contributed by atoms with Crippen molar-refractivity contribution in [3.8, 4) is 5.75 Å². The fourth-order valence-electron chi connectivity index (χ4n) is 3.80. The number of halogens is 2. The smallest absolute Gasteiger partial charge is 0.254 e. The van der Waals surface area contributed by atoms with Gasteiger partial charge in [-0.25, -0.2) is 8.78 Å². The van der Waals surface area contributed by atoms with E-state index in [1.165, 1.54) is 12.1 Å². The molecule has 0 unspecified atom stereocenters. The third-order valence-corrected chi connectivity index (χ3v) is 5.40. The first-order valence-corrected chi connectivity index (χ1v) is 10.1. The zero-order chi connectivity index (χ0) is 20.9. The average molecular weight is 407 g/mol. The summed E-state index contributed by atoms with van der Waals surface area (Å²) in [6.45, 7) is 1.07. The van der Waals surface area contributed by atoms with E-state index < -0.39 is 11.6 Å². The first kappa shape index (κ1) is 20.1. The average Bonchev–Trinajstić information content (AvgIpc) is 2.77. The van der Waals surface area contributed by atoms with Crippen LogP contribution in [0.1, 0.15) is 34.3 Å². The number of ether oxygens (including phenoxy) is 1. The maximum Gasteiger partial charge on any atom is 0.254 e. The minimum atomic E-state index is -0.705. The van der Waals surface area contributed by atoms with Crippen LogP contribution in [0.5, 0.6) is 5.75 Å². The molecule has 0 aliphatic carbocycles. The van der Waals surface area contributed by atoms with E-state index in [0.717, 1.165) is 17.2 Å². The van der Waals surface area contributed by atoms with Crippen LogP contribution >= 0.6 is 0 Å². The summed E-state index contributed by atoms with van der Waals surface area (Å²) in [5.74, 6) is -1.28. The molecule has 1 aliphatic heterocycles. The molecule has 30 heavy (non-hydrogen) atoms. The molecule has 0 radical (unpaired) electrons. The van der Waals surface area contributed by atoms with Gasteiger partial charge in [0.25, 0.3) is 5.91 Å². The van der Waals surface area contributed by atoms with Crippen molar-refractivity contribution in [2.24, 2.45) is 0 Å². The van der Waals surface area contributed by atoms with Crippen LogP contribution in [0.2, 0.25) is 0 Å². The molecule has 0 spiro atoms. The van der Waals surface area contributed by atoms with Crippen molar-refractivity contribution in [2.75, 3.05) is 13.1 Å². The predicted octanol–water partition coefficient (Wildman–Crippen LogP) is 5.24. The van der Waals surface area contributed by atoms with Crippen LogP contribution in [0.25, 0.3) is 0 Å². The Balaban J connectivity index is 1.40. The standard InChI is InChI=1S/C25H23F2NO2/c26-20-10-11-24(23(27)17-20)30-21-12-14-28(15-13-21)25(29)22-9-5-4-8-19(22)16-18-6-2-1-3-7-18/h1-11,17,21H,12-16H2. The van der Waals surface area contributed by atoms with E-state index in [9.17, 15) is 13.6 Å². The van der Waals surface area contributed by atoms with Gasteiger partial charge in [0, 0.05) is 37.6 Å². The number of likely N-dealkylation sites (tertiary alicyclic amines) is 1. The summed E-state index contributed by atoms with van der Waals surface area (Å²) < 4.78 is 32.6. The van der Waals surface area contributed by atoms with E-state index in [-0.39, 0.29) is 17.8 Å². The molecule has 0 saturated carbocycles. The second-order valence-corrected chi connectivity index (χ2v) is 7.50.